The fourth-order valence-corrected chi connectivity index (χ4v) is 2.51. The van der Waals surface area contributed by atoms with Gasteiger partial charge in [-0.15, -0.1) is 0 Å². The second-order valence-corrected chi connectivity index (χ2v) is 5.39. The number of aliphatic hydroxyl groups is 1. The average molecular weight is 227 g/mol. The third-order valence-corrected chi connectivity index (χ3v) is 4.02. The fraction of sp³-hybridized carbons (Fsp3) is 0.800. The number of aromatic nitrogens is 3. The quantitative estimate of drug-likeness (QED) is 0.758. The summed E-state index contributed by atoms with van der Waals surface area (Å²) in [5.74, 6) is 0. The summed E-state index contributed by atoms with van der Waals surface area (Å²) in [6.45, 7) is 4.73. The summed E-state index contributed by atoms with van der Waals surface area (Å²) in [6, 6.07) is 0. The van der Waals surface area contributed by atoms with Gasteiger partial charge in [0, 0.05) is 0 Å². The van der Waals surface area contributed by atoms with Crippen molar-refractivity contribution in [2.75, 3.05) is 0 Å². The molecule has 1 saturated carbocycles. The highest BCUT2D eigenvalue weighted by molar-refractivity contribution is 7.71. The van der Waals surface area contributed by atoms with Gasteiger partial charge in [0.1, 0.15) is 6.33 Å². The van der Waals surface area contributed by atoms with Crippen LogP contribution in [-0.2, 0) is 6.54 Å². The first kappa shape index (κ1) is 10.8. The molecular weight excluding hydrogens is 210 g/mol. The Morgan fingerprint density at radius 3 is 2.80 bits per heavy atom. The van der Waals surface area contributed by atoms with Crippen LogP contribution in [-0.4, -0.2) is 25.5 Å². The monoisotopic (exact) mass is 227 g/mol. The molecule has 0 bridgehead atoms. The van der Waals surface area contributed by atoms with Gasteiger partial charge in [-0.3, -0.25) is 9.78 Å². The van der Waals surface area contributed by atoms with Gasteiger partial charge in [0.15, 0.2) is 0 Å². The summed E-state index contributed by atoms with van der Waals surface area (Å²) in [5.41, 5.74) is -0.718. The summed E-state index contributed by atoms with van der Waals surface area (Å²) in [6.07, 6.45) is 4.53. The normalized spacial score (nSPS) is 29.5. The highest BCUT2D eigenvalue weighted by Crippen LogP contribution is 2.46. The highest BCUT2D eigenvalue weighted by atomic mass is 32.1. The summed E-state index contributed by atoms with van der Waals surface area (Å²) in [4.78, 5) is 3.95. The SMILES string of the molecule is CC1(C)CCCC1(O)Cn1[nH]cnc1=S. The van der Waals surface area contributed by atoms with Crippen LogP contribution < -0.4 is 0 Å². The third-order valence-electron chi connectivity index (χ3n) is 3.69. The number of hydrogen-bond acceptors (Lipinski definition) is 3. The zero-order chi connectivity index (χ0) is 11.1. The van der Waals surface area contributed by atoms with Gasteiger partial charge in [-0.2, -0.15) is 0 Å². The molecule has 1 atom stereocenters. The van der Waals surface area contributed by atoms with E-state index < -0.39 is 5.60 Å². The molecule has 2 N–H and O–H groups in total. The van der Waals surface area contributed by atoms with Gasteiger partial charge >= 0.3 is 0 Å². The lowest BCUT2D eigenvalue weighted by atomic mass is 9.78. The van der Waals surface area contributed by atoms with Gasteiger partial charge in [0.05, 0.1) is 12.1 Å². The Morgan fingerprint density at radius 1 is 1.60 bits per heavy atom. The van der Waals surface area contributed by atoms with Crippen molar-refractivity contribution >= 4 is 12.2 Å². The van der Waals surface area contributed by atoms with E-state index in [0.717, 1.165) is 19.3 Å². The topological polar surface area (TPSA) is 53.8 Å². The van der Waals surface area contributed by atoms with E-state index in [1.807, 2.05) is 0 Å². The van der Waals surface area contributed by atoms with Crippen LogP contribution in [0.5, 0.6) is 0 Å². The van der Waals surface area contributed by atoms with E-state index in [0.29, 0.717) is 11.3 Å². The minimum Gasteiger partial charge on any atom is -0.387 e. The smallest absolute Gasteiger partial charge is 0.215 e. The zero-order valence-electron chi connectivity index (χ0n) is 9.16. The molecule has 0 amide bonds. The Labute approximate surface area is 94.3 Å². The molecule has 0 spiro atoms. The number of nitrogens with zero attached hydrogens (tertiary/aromatic N) is 2. The first-order valence-corrected chi connectivity index (χ1v) is 5.68. The van der Waals surface area contributed by atoms with E-state index in [1.165, 1.54) is 0 Å². The number of aromatic amines is 1. The molecule has 1 aromatic heterocycles. The Morgan fingerprint density at radius 2 is 2.33 bits per heavy atom. The lowest BCUT2D eigenvalue weighted by Crippen LogP contribution is -2.44. The molecule has 15 heavy (non-hydrogen) atoms. The van der Waals surface area contributed by atoms with Crippen molar-refractivity contribution in [3.8, 4) is 0 Å². The summed E-state index contributed by atoms with van der Waals surface area (Å²) < 4.78 is 2.24. The van der Waals surface area contributed by atoms with Gasteiger partial charge in [0.25, 0.3) is 0 Å². The maximum atomic E-state index is 10.6. The fourth-order valence-electron chi connectivity index (χ4n) is 2.34. The third kappa shape index (κ3) is 1.74. The molecule has 1 heterocycles. The van der Waals surface area contributed by atoms with Gasteiger partial charge in [0.2, 0.25) is 4.77 Å². The number of nitrogens with one attached hydrogen (secondary N) is 1. The molecule has 5 heteroatoms. The minimum atomic E-state index is -0.669. The van der Waals surface area contributed by atoms with Crippen molar-refractivity contribution in [1.29, 1.82) is 0 Å². The van der Waals surface area contributed by atoms with E-state index in [1.54, 1.807) is 11.0 Å². The summed E-state index contributed by atoms with van der Waals surface area (Å²) >= 11 is 5.05. The minimum absolute atomic E-state index is 0.0487. The van der Waals surface area contributed by atoms with E-state index >= 15 is 0 Å². The lowest BCUT2D eigenvalue weighted by molar-refractivity contribution is -0.0589. The molecule has 1 aromatic rings. The van der Waals surface area contributed by atoms with Crippen LogP contribution in [0.2, 0.25) is 0 Å². The van der Waals surface area contributed by atoms with Crippen molar-refractivity contribution in [3.05, 3.63) is 11.1 Å². The van der Waals surface area contributed by atoms with Crippen LogP contribution in [0.3, 0.4) is 0 Å². The molecule has 0 saturated heterocycles. The standard InChI is InChI=1S/C10H17N3OS/c1-9(2)4-3-5-10(9,14)6-13-8(15)11-7-12-13/h7,14H,3-6H2,1-2H3,(H,11,12,15). The van der Waals surface area contributed by atoms with Crippen LogP contribution in [0.1, 0.15) is 33.1 Å². The Bertz CT molecular complexity index is 409. The molecule has 84 valence electrons. The number of hydrogen-bond donors (Lipinski definition) is 2. The molecule has 1 unspecified atom stereocenters. The van der Waals surface area contributed by atoms with Gasteiger partial charge in [-0.1, -0.05) is 13.8 Å². The Kier molecular flexibility index (Phi) is 2.47. The van der Waals surface area contributed by atoms with Crippen LogP contribution in [0.4, 0.5) is 0 Å². The predicted molar refractivity (Wildman–Crippen MR) is 60.0 cm³/mol. The van der Waals surface area contributed by atoms with E-state index in [-0.39, 0.29) is 5.41 Å². The summed E-state index contributed by atoms with van der Waals surface area (Å²) in [5, 5.41) is 13.5. The molecule has 4 nitrogen and oxygen atoms in total. The largest absolute Gasteiger partial charge is 0.387 e. The first-order chi connectivity index (χ1) is 6.95. The van der Waals surface area contributed by atoms with E-state index in [2.05, 4.69) is 23.9 Å². The van der Waals surface area contributed by atoms with E-state index in [4.69, 9.17) is 12.2 Å². The highest BCUT2D eigenvalue weighted by Gasteiger charge is 2.47. The molecule has 0 radical (unpaired) electrons. The molecule has 0 aromatic carbocycles. The van der Waals surface area contributed by atoms with Crippen LogP contribution in [0, 0.1) is 10.2 Å². The van der Waals surface area contributed by atoms with Crippen molar-refractivity contribution in [2.45, 2.75) is 45.3 Å². The van der Waals surface area contributed by atoms with Crippen molar-refractivity contribution in [1.82, 2.24) is 14.8 Å². The molecular formula is C10H17N3OS. The maximum absolute atomic E-state index is 10.6. The molecule has 1 fully saturated rings. The number of rotatable bonds is 2. The van der Waals surface area contributed by atoms with Crippen molar-refractivity contribution in [2.24, 2.45) is 5.41 Å². The molecule has 1 aliphatic rings. The Balaban J connectivity index is 2.25. The Hall–Kier alpha value is -0.680. The van der Waals surface area contributed by atoms with Crippen LogP contribution in [0.15, 0.2) is 6.33 Å². The molecule has 0 aliphatic heterocycles. The second kappa shape index (κ2) is 3.42. The first-order valence-electron chi connectivity index (χ1n) is 5.27. The predicted octanol–water partition coefficient (Wildman–Crippen LogP) is 1.88. The van der Waals surface area contributed by atoms with Crippen LogP contribution in [0.25, 0.3) is 0 Å². The molecule has 1 aliphatic carbocycles. The van der Waals surface area contributed by atoms with E-state index in [9.17, 15) is 5.11 Å². The zero-order valence-corrected chi connectivity index (χ0v) is 9.97. The number of H-pyrrole nitrogens is 1. The van der Waals surface area contributed by atoms with Gasteiger partial charge < -0.3 is 5.11 Å². The van der Waals surface area contributed by atoms with Crippen molar-refractivity contribution < 1.29 is 5.11 Å². The second-order valence-electron chi connectivity index (χ2n) is 5.03. The van der Waals surface area contributed by atoms with Gasteiger partial charge in [-0.05, 0) is 36.9 Å². The van der Waals surface area contributed by atoms with Crippen molar-refractivity contribution in [3.63, 3.8) is 0 Å². The average Bonchev–Trinajstić information content (AvgIpc) is 2.61. The summed E-state index contributed by atoms with van der Waals surface area (Å²) in [7, 11) is 0. The molecule has 2 rings (SSSR count). The van der Waals surface area contributed by atoms with Crippen LogP contribution >= 0.6 is 12.2 Å². The lowest BCUT2D eigenvalue weighted by Gasteiger charge is -2.36. The van der Waals surface area contributed by atoms with Gasteiger partial charge in [-0.25, -0.2) is 4.98 Å². The maximum Gasteiger partial charge on any atom is 0.215 e.